The standard InChI is InChI=1S/C14H18N4O/c1-11-9-19-10-13(17-11)7-12-3-2-4-14(8-12)18-15-5-6-16-18/h2-6,8,11,13,17H,7,9-10H2,1H3/t11-,13-/m1/s1. The zero-order valence-corrected chi connectivity index (χ0v) is 11.0. The number of rotatable bonds is 3. The van der Waals surface area contributed by atoms with Gasteiger partial charge in [0.2, 0.25) is 0 Å². The molecule has 1 aliphatic rings. The topological polar surface area (TPSA) is 52.0 Å². The van der Waals surface area contributed by atoms with E-state index in [1.807, 2.05) is 12.1 Å². The van der Waals surface area contributed by atoms with E-state index in [4.69, 9.17) is 4.74 Å². The molecule has 100 valence electrons. The van der Waals surface area contributed by atoms with Crippen LogP contribution in [0.1, 0.15) is 12.5 Å². The van der Waals surface area contributed by atoms with E-state index in [0.717, 1.165) is 25.3 Å². The van der Waals surface area contributed by atoms with Crippen molar-refractivity contribution >= 4 is 0 Å². The fourth-order valence-corrected chi connectivity index (χ4v) is 2.44. The molecule has 5 heteroatoms. The van der Waals surface area contributed by atoms with Crippen LogP contribution in [0.4, 0.5) is 0 Å². The van der Waals surface area contributed by atoms with Gasteiger partial charge in [0.1, 0.15) is 0 Å². The Morgan fingerprint density at radius 2 is 2.16 bits per heavy atom. The van der Waals surface area contributed by atoms with Crippen LogP contribution in [0.5, 0.6) is 0 Å². The van der Waals surface area contributed by atoms with Crippen molar-refractivity contribution < 1.29 is 4.74 Å². The largest absolute Gasteiger partial charge is 0.378 e. The van der Waals surface area contributed by atoms with Gasteiger partial charge in [-0.1, -0.05) is 12.1 Å². The summed E-state index contributed by atoms with van der Waals surface area (Å²) in [5.41, 5.74) is 2.26. The van der Waals surface area contributed by atoms with Gasteiger partial charge in [-0.15, -0.1) is 0 Å². The first-order valence-corrected chi connectivity index (χ1v) is 6.61. The number of ether oxygens (including phenoxy) is 1. The zero-order chi connectivity index (χ0) is 13.1. The van der Waals surface area contributed by atoms with Crippen LogP contribution >= 0.6 is 0 Å². The van der Waals surface area contributed by atoms with E-state index in [1.54, 1.807) is 17.2 Å². The lowest BCUT2D eigenvalue weighted by Crippen LogP contribution is -2.48. The summed E-state index contributed by atoms with van der Waals surface area (Å²) in [7, 11) is 0. The Bertz CT molecular complexity index is 526. The van der Waals surface area contributed by atoms with Crippen molar-refractivity contribution in [2.75, 3.05) is 13.2 Å². The van der Waals surface area contributed by atoms with Crippen molar-refractivity contribution in [1.29, 1.82) is 0 Å². The fraction of sp³-hybridized carbons (Fsp3) is 0.429. The van der Waals surface area contributed by atoms with Crippen molar-refractivity contribution in [3.05, 3.63) is 42.2 Å². The molecule has 5 nitrogen and oxygen atoms in total. The molecule has 1 N–H and O–H groups in total. The van der Waals surface area contributed by atoms with Gasteiger partial charge in [0.25, 0.3) is 0 Å². The molecule has 1 aromatic carbocycles. The number of nitrogens with one attached hydrogen (secondary N) is 1. The van der Waals surface area contributed by atoms with Crippen LogP contribution in [0.2, 0.25) is 0 Å². The number of benzene rings is 1. The van der Waals surface area contributed by atoms with E-state index < -0.39 is 0 Å². The molecule has 19 heavy (non-hydrogen) atoms. The molecule has 2 aromatic rings. The summed E-state index contributed by atoms with van der Waals surface area (Å²) in [6.07, 6.45) is 4.33. The van der Waals surface area contributed by atoms with E-state index in [-0.39, 0.29) is 0 Å². The third kappa shape index (κ3) is 3.00. The molecule has 0 radical (unpaired) electrons. The number of nitrogens with zero attached hydrogens (tertiary/aromatic N) is 3. The van der Waals surface area contributed by atoms with Gasteiger partial charge in [-0.2, -0.15) is 15.0 Å². The lowest BCUT2D eigenvalue weighted by Gasteiger charge is -2.29. The van der Waals surface area contributed by atoms with Crippen molar-refractivity contribution in [3.63, 3.8) is 0 Å². The maximum atomic E-state index is 5.58. The predicted octanol–water partition coefficient (Wildman–Crippen LogP) is 1.19. The Morgan fingerprint density at radius 1 is 1.32 bits per heavy atom. The van der Waals surface area contributed by atoms with E-state index in [2.05, 4.69) is 34.6 Å². The first-order chi connectivity index (χ1) is 9.31. The van der Waals surface area contributed by atoms with Gasteiger partial charge in [0, 0.05) is 12.1 Å². The molecule has 0 saturated carbocycles. The second-order valence-corrected chi connectivity index (χ2v) is 4.99. The van der Waals surface area contributed by atoms with Gasteiger partial charge in [0.15, 0.2) is 0 Å². The van der Waals surface area contributed by atoms with Crippen LogP contribution in [0.25, 0.3) is 5.69 Å². The molecule has 0 amide bonds. The number of morpholine rings is 1. The van der Waals surface area contributed by atoms with Crippen molar-refractivity contribution in [2.45, 2.75) is 25.4 Å². The van der Waals surface area contributed by atoms with Crippen molar-refractivity contribution in [2.24, 2.45) is 0 Å². The van der Waals surface area contributed by atoms with E-state index in [0.29, 0.717) is 12.1 Å². The van der Waals surface area contributed by atoms with Crippen LogP contribution in [0.15, 0.2) is 36.7 Å². The first-order valence-electron chi connectivity index (χ1n) is 6.61. The van der Waals surface area contributed by atoms with Crippen molar-refractivity contribution in [1.82, 2.24) is 20.3 Å². The summed E-state index contributed by atoms with van der Waals surface area (Å²) >= 11 is 0. The highest BCUT2D eigenvalue weighted by molar-refractivity contribution is 5.34. The fourth-order valence-electron chi connectivity index (χ4n) is 2.44. The van der Waals surface area contributed by atoms with Gasteiger partial charge in [-0.05, 0) is 31.0 Å². The van der Waals surface area contributed by atoms with Crippen LogP contribution in [0, 0.1) is 0 Å². The molecule has 0 spiro atoms. The molecule has 3 rings (SSSR count). The highest BCUT2D eigenvalue weighted by Gasteiger charge is 2.18. The summed E-state index contributed by atoms with van der Waals surface area (Å²) in [5, 5.41) is 11.9. The number of aromatic nitrogens is 3. The third-order valence-corrected chi connectivity index (χ3v) is 3.25. The molecule has 0 unspecified atom stereocenters. The van der Waals surface area contributed by atoms with Gasteiger partial charge in [0.05, 0.1) is 31.3 Å². The van der Waals surface area contributed by atoms with Crippen LogP contribution < -0.4 is 5.32 Å². The summed E-state index contributed by atoms with van der Waals surface area (Å²) in [6, 6.07) is 9.12. The molecule has 1 aliphatic heterocycles. The van der Waals surface area contributed by atoms with Gasteiger partial charge in [-0.3, -0.25) is 0 Å². The average Bonchev–Trinajstić information content (AvgIpc) is 2.93. The van der Waals surface area contributed by atoms with Crippen LogP contribution in [-0.4, -0.2) is 40.3 Å². The van der Waals surface area contributed by atoms with Crippen molar-refractivity contribution in [3.8, 4) is 5.69 Å². The SMILES string of the molecule is C[C@@H]1COC[C@@H](Cc2cccc(-n3nccn3)c2)N1. The lowest BCUT2D eigenvalue weighted by molar-refractivity contribution is 0.0508. The summed E-state index contributed by atoms with van der Waals surface area (Å²) in [4.78, 5) is 1.64. The van der Waals surface area contributed by atoms with Gasteiger partial charge in [-0.25, -0.2) is 0 Å². The first kappa shape index (κ1) is 12.3. The Kier molecular flexibility index (Phi) is 3.57. The van der Waals surface area contributed by atoms with Gasteiger partial charge < -0.3 is 10.1 Å². The predicted molar refractivity (Wildman–Crippen MR) is 72.3 cm³/mol. The maximum Gasteiger partial charge on any atom is 0.0859 e. The Labute approximate surface area is 112 Å². The molecular weight excluding hydrogens is 240 g/mol. The summed E-state index contributed by atoms with van der Waals surface area (Å²) in [6.45, 7) is 3.72. The highest BCUT2D eigenvalue weighted by Crippen LogP contribution is 2.12. The zero-order valence-electron chi connectivity index (χ0n) is 11.0. The Morgan fingerprint density at radius 3 is 2.95 bits per heavy atom. The smallest absolute Gasteiger partial charge is 0.0859 e. The monoisotopic (exact) mass is 258 g/mol. The molecule has 1 aromatic heterocycles. The molecular formula is C14H18N4O. The van der Waals surface area contributed by atoms with Crippen LogP contribution in [-0.2, 0) is 11.2 Å². The summed E-state index contributed by atoms with van der Waals surface area (Å²) < 4.78 is 5.58. The van der Waals surface area contributed by atoms with E-state index in [1.165, 1.54) is 5.56 Å². The van der Waals surface area contributed by atoms with Crippen LogP contribution in [0.3, 0.4) is 0 Å². The molecule has 1 fully saturated rings. The second-order valence-electron chi connectivity index (χ2n) is 4.99. The quantitative estimate of drug-likeness (QED) is 0.898. The summed E-state index contributed by atoms with van der Waals surface area (Å²) in [5.74, 6) is 0. The minimum Gasteiger partial charge on any atom is -0.378 e. The maximum absolute atomic E-state index is 5.58. The average molecular weight is 258 g/mol. The van der Waals surface area contributed by atoms with E-state index >= 15 is 0 Å². The number of hydrogen-bond donors (Lipinski definition) is 1. The number of hydrogen-bond acceptors (Lipinski definition) is 4. The molecule has 2 heterocycles. The second kappa shape index (κ2) is 5.50. The molecule has 2 atom stereocenters. The minimum atomic E-state index is 0.379. The van der Waals surface area contributed by atoms with E-state index in [9.17, 15) is 0 Å². The normalized spacial score (nSPS) is 23.4. The third-order valence-electron chi connectivity index (χ3n) is 3.25. The molecule has 0 bridgehead atoms. The Hall–Kier alpha value is -1.72. The highest BCUT2D eigenvalue weighted by atomic mass is 16.5. The minimum absolute atomic E-state index is 0.379. The van der Waals surface area contributed by atoms with Gasteiger partial charge >= 0.3 is 0 Å². The molecule has 0 aliphatic carbocycles. The lowest BCUT2D eigenvalue weighted by atomic mass is 10.0. The Balaban J connectivity index is 1.73. The molecule has 1 saturated heterocycles.